The van der Waals surface area contributed by atoms with E-state index in [9.17, 15) is 19.5 Å². The van der Waals surface area contributed by atoms with Crippen molar-refractivity contribution in [3.05, 3.63) is 66.2 Å². The number of aliphatic hydroxyl groups excluding tert-OH is 1. The van der Waals surface area contributed by atoms with Crippen LogP contribution in [-0.4, -0.2) is 73.2 Å². The third-order valence-corrected chi connectivity index (χ3v) is 10.6. The van der Waals surface area contributed by atoms with E-state index in [-0.39, 0.29) is 48.6 Å². The van der Waals surface area contributed by atoms with Crippen LogP contribution in [0.1, 0.15) is 57.6 Å². The molecule has 0 saturated carbocycles. The van der Waals surface area contributed by atoms with Gasteiger partial charge < -0.3 is 29.3 Å². The van der Waals surface area contributed by atoms with Crippen molar-refractivity contribution in [1.29, 1.82) is 0 Å². The summed E-state index contributed by atoms with van der Waals surface area (Å²) in [6.07, 6.45) is 3.35. The van der Waals surface area contributed by atoms with Crippen molar-refractivity contribution >= 4 is 29.1 Å². The van der Waals surface area contributed by atoms with Crippen molar-refractivity contribution in [3.63, 3.8) is 0 Å². The maximum absolute atomic E-state index is 14.6. The van der Waals surface area contributed by atoms with Crippen LogP contribution in [-0.2, 0) is 30.1 Å². The van der Waals surface area contributed by atoms with E-state index in [4.69, 9.17) is 9.47 Å². The zero-order valence-corrected chi connectivity index (χ0v) is 26.1. The lowest BCUT2D eigenvalue weighted by Crippen LogP contribution is -2.46. The number of amides is 3. The molecule has 9 heteroatoms. The molecule has 0 aromatic heterocycles. The van der Waals surface area contributed by atoms with E-state index in [1.807, 2.05) is 42.5 Å². The lowest BCUT2D eigenvalue weighted by molar-refractivity contribution is -0.150. The van der Waals surface area contributed by atoms with Crippen molar-refractivity contribution in [2.24, 2.45) is 11.8 Å². The zero-order chi connectivity index (χ0) is 31.4. The van der Waals surface area contributed by atoms with Crippen LogP contribution in [0.15, 0.2) is 55.1 Å². The van der Waals surface area contributed by atoms with Crippen LogP contribution in [0.25, 0.3) is 0 Å². The number of carbonyl (C=O) groups excluding carboxylic acids is 3. The highest BCUT2D eigenvalue weighted by atomic mass is 16.5. The molecule has 4 aliphatic rings. The van der Waals surface area contributed by atoms with Gasteiger partial charge in [0.15, 0.2) is 5.60 Å². The van der Waals surface area contributed by atoms with Gasteiger partial charge in [0.2, 0.25) is 11.8 Å². The van der Waals surface area contributed by atoms with Gasteiger partial charge in [0.1, 0.15) is 5.75 Å². The molecule has 0 unspecified atom stereocenters. The summed E-state index contributed by atoms with van der Waals surface area (Å²) >= 11 is 0. The van der Waals surface area contributed by atoms with Crippen LogP contribution in [0.4, 0.5) is 11.4 Å². The van der Waals surface area contributed by atoms with Gasteiger partial charge in [-0.1, -0.05) is 39.0 Å². The average Bonchev–Trinajstić information content (AvgIpc) is 3.67. The number of fused-ring (bicyclic) bond motifs is 2. The number of methoxy groups -OCH3 is 1. The minimum Gasteiger partial charge on any atom is -0.497 e. The van der Waals surface area contributed by atoms with E-state index in [1.54, 1.807) is 27.9 Å². The highest BCUT2D eigenvalue weighted by Crippen LogP contribution is 2.60. The van der Waals surface area contributed by atoms with Crippen molar-refractivity contribution in [3.8, 4) is 5.75 Å². The van der Waals surface area contributed by atoms with Crippen molar-refractivity contribution in [2.45, 2.75) is 69.6 Å². The number of aliphatic hydroxyl groups is 1. The normalized spacial score (nSPS) is 28.1. The maximum Gasteiger partial charge on any atom is 0.264 e. The highest BCUT2D eigenvalue weighted by molar-refractivity contribution is 6.09. The third kappa shape index (κ3) is 4.55. The summed E-state index contributed by atoms with van der Waals surface area (Å²) < 4.78 is 12.5. The van der Waals surface area contributed by atoms with Crippen molar-refractivity contribution in [2.75, 3.05) is 43.2 Å². The summed E-state index contributed by atoms with van der Waals surface area (Å²) in [6, 6.07) is 13.5. The summed E-state index contributed by atoms with van der Waals surface area (Å²) in [5.74, 6) is 0.00265. The Morgan fingerprint density at radius 1 is 1.18 bits per heavy atom. The molecule has 0 aliphatic carbocycles. The minimum absolute atomic E-state index is 0.0534. The molecule has 1 N–H and O–H groups in total. The zero-order valence-electron chi connectivity index (χ0n) is 26.1. The number of likely N-dealkylation sites (tertiary alicyclic amines) is 1. The monoisotopic (exact) mass is 601 g/mol. The molecule has 5 atom stereocenters. The molecule has 6 rings (SSSR count). The first-order valence-corrected chi connectivity index (χ1v) is 15.7. The van der Waals surface area contributed by atoms with Crippen LogP contribution < -0.4 is 14.5 Å². The molecule has 0 radical (unpaired) electrons. The molecule has 0 bridgehead atoms. The fourth-order valence-electron chi connectivity index (χ4n) is 8.21. The third-order valence-electron chi connectivity index (χ3n) is 10.6. The molecule has 4 aliphatic heterocycles. The summed E-state index contributed by atoms with van der Waals surface area (Å²) in [5, 5.41) is 9.95. The van der Waals surface area contributed by atoms with E-state index in [2.05, 4.69) is 27.4 Å². The fraction of sp³-hybridized carbons (Fsp3) is 0.514. The molecule has 2 aromatic carbocycles. The van der Waals surface area contributed by atoms with Crippen LogP contribution in [0.3, 0.4) is 0 Å². The van der Waals surface area contributed by atoms with Crippen molar-refractivity contribution < 1.29 is 29.0 Å². The molecule has 9 nitrogen and oxygen atoms in total. The van der Waals surface area contributed by atoms with Crippen molar-refractivity contribution in [1.82, 2.24) is 4.90 Å². The maximum atomic E-state index is 14.6. The smallest absolute Gasteiger partial charge is 0.264 e. The Bertz CT molecular complexity index is 1470. The number of hydrogen-bond donors (Lipinski definition) is 1. The lowest BCUT2D eigenvalue weighted by Gasteiger charge is -2.39. The highest BCUT2D eigenvalue weighted by Gasteiger charge is 2.66. The number of carbonyl (C=O) groups is 3. The molecule has 3 saturated heterocycles. The molecule has 1 spiro atoms. The summed E-state index contributed by atoms with van der Waals surface area (Å²) in [7, 11) is 1.64. The Balaban J connectivity index is 1.46. The number of ether oxygens (including phenoxy) is 2. The van der Waals surface area contributed by atoms with Gasteiger partial charge in [0, 0.05) is 49.1 Å². The Kier molecular flexibility index (Phi) is 7.82. The van der Waals surface area contributed by atoms with Gasteiger partial charge >= 0.3 is 0 Å². The van der Waals surface area contributed by atoms with E-state index in [0.717, 1.165) is 41.1 Å². The second kappa shape index (κ2) is 11.3. The van der Waals surface area contributed by atoms with Gasteiger partial charge in [-0.25, -0.2) is 0 Å². The van der Waals surface area contributed by atoms with Gasteiger partial charge in [0.25, 0.3) is 5.91 Å². The molecule has 3 fully saturated rings. The predicted molar refractivity (Wildman–Crippen MR) is 168 cm³/mol. The van der Waals surface area contributed by atoms with E-state index < -0.39 is 17.1 Å². The van der Waals surface area contributed by atoms with Gasteiger partial charge in [-0.05, 0) is 54.2 Å². The number of rotatable bonds is 9. The molecular weight excluding hydrogens is 558 g/mol. The molecule has 4 heterocycles. The topological polar surface area (TPSA) is 99.6 Å². The van der Waals surface area contributed by atoms with E-state index in [1.165, 1.54) is 0 Å². The van der Waals surface area contributed by atoms with Gasteiger partial charge in [-0.2, -0.15) is 0 Å². The SMILES string of the molecule is C=CCN1C(=O)[C@]2(O[C@H](CC(=O)N3CCC[C@H]3CO)[C@@H](C(C)(C)c3ccc(OC)cc3)[C@@H]2C)c2cc(N3CCC3=O)ccc21. The quantitative estimate of drug-likeness (QED) is 0.342. The number of β-lactam (4-membered cyclic amide) rings is 1. The minimum atomic E-state index is -1.34. The van der Waals surface area contributed by atoms with Crippen LogP contribution in [0, 0.1) is 11.8 Å². The largest absolute Gasteiger partial charge is 0.497 e. The van der Waals surface area contributed by atoms with E-state index >= 15 is 0 Å². The van der Waals surface area contributed by atoms with Crippen LogP contribution >= 0.6 is 0 Å². The summed E-state index contributed by atoms with van der Waals surface area (Å²) in [5.41, 5.74) is 1.43. The average molecular weight is 602 g/mol. The number of nitrogens with zero attached hydrogens (tertiary/aromatic N) is 3. The molecule has 44 heavy (non-hydrogen) atoms. The first-order chi connectivity index (χ1) is 21.1. The Hall–Kier alpha value is -3.69. The van der Waals surface area contributed by atoms with E-state index in [0.29, 0.717) is 26.1 Å². The second-order valence-corrected chi connectivity index (χ2v) is 13.1. The molecule has 3 amide bonds. The second-order valence-electron chi connectivity index (χ2n) is 13.1. The first kappa shape index (κ1) is 30.3. The molecular formula is C35H43N3O6. The van der Waals surface area contributed by atoms with Gasteiger partial charge in [-0.15, -0.1) is 6.58 Å². The molecule has 234 valence electrons. The number of anilines is 2. The Labute approximate surface area is 259 Å². The summed E-state index contributed by atoms with van der Waals surface area (Å²) in [6.45, 7) is 11.7. The Morgan fingerprint density at radius 2 is 1.93 bits per heavy atom. The van der Waals surface area contributed by atoms with Crippen LogP contribution in [0.2, 0.25) is 0 Å². The number of benzene rings is 2. The molecule has 2 aromatic rings. The lowest BCUT2D eigenvalue weighted by atomic mass is 9.63. The standard InChI is InChI=1S/C35H43N3O6/c1-6-16-38-28-14-11-24(37-18-15-30(37)40)19-27(28)35(33(38)42)22(2)32(34(3,4)23-9-12-26(43-5)13-10-23)29(44-35)20-31(41)36-17-7-8-25(36)21-39/h6,9-14,19,22,25,29,32,39H,1,7-8,15-18,20-21H2,2-5H3/t22-,25-,29+,32-,35+/m0/s1. The van der Waals surface area contributed by atoms with Gasteiger partial charge in [0.05, 0.1) is 38.0 Å². The summed E-state index contributed by atoms with van der Waals surface area (Å²) in [4.78, 5) is 46.1. The van der Waals surface area contributed by atoms with Crippen LogP contribution in [0.5, 0.6) is 5.75 Å². The Morgan fingerprint density at radius 3 is 2.55 bits per heavy atom. The van der Waals surface area contributed by atoms with Gasteiger partial charge in [-0.3, -0.25) is 14.4 Å². The fourth-order valence-corrected chi connectivity index (χ4v) is 8.21. The number of hydrogen-bond acceptors (Lipinski definition) is 6. The first-order valence-electron chi connectivity index (χ1n) is 15.7. The predicted octanol–water partition coefficient (Wildman–Crippen LogP) is 4.16.